The average Bonchev–Trinajstić information content (AvgIpc) is 3.19. The zero-order valence-corrected chi connectivity index (χ0v) is 38.0. The highest BCUT2D eigenvalue weighted by molar-refractivity contribution is 5.79. The Balaban J connectivity index is 0. The number of hydroxylamine groups is 2. The molecule has 0 aromatic carbocycles. The van der Waals surface area contributed by atoms with Crippen LogP contribution in [0.2, 0.25) is 0 Å². The van der Waals surface area contributed by atoms with Crippen molar-refractivity contribution in [1.29, 1.82) is 0 Å². The quantitative estimate of drug-likeness (QED) is 0.0407. The van der Waals surface area contributed by atoms with Gasteiger partial charge in [-0.15, -0.1) is 0 Å². The average molecular weight is 811 g/mol. The predicted molar refractivity (Wildman–Crippen MR) is 239 cm³/mol. The Morgan fingerprint density at radius 3 is 1.14 bits per heavy atom. The highest BCUT2D eigenvalue weighted by atomic mass is 16.7. The Morgan fingerprint density at radius 2 is 0.825 bits per heavy atom. The Kier molecular flexibility index (Phi) is 44.8. The summed E-state index contributed by atoms with van der Waals surface area (Å²) in [6.45, 7) is 11.2. The van der Waals surface area contributed by atoms with Gasteiger partial charge in [0.2, 0.25) is 5.91 Å². The Hall–Kier alpha value is -2.20. The normalized spacial score (nSPS) is 11.6. The molecule has 0 radical (unpaired) electrons. The summed E-state index contributed by atoms with van der Waals surface area (Å²) >= 11 is 0. The third-order valence-corrected chi connectivity index (χ3v) is 11.0. The van der Waals surface area contributed by atoms with Crippen molar-refractivity contribution in [2.75, 3.05) is 26.2 Å². The van der Waals surface area contributed by atoms with Crippen LogP contribution >= 0.6 is 0 Å². The molecule has 0 aliphatic heterocycles. The number of carboxylic acids is 1. The number of carbonyl (C=O) groups is 4. The van der Waals surface area contributed by atoms with Crippen LogP contribution in [0.4, 0.5) is 0 Å². The Labute approximate surface area is 351 Å². The van der Waals surface area contributed by atoms with E-state index >= 15 is 0 Å². The van der Waals surface area contributed by atoms with E-state index in [0.717, 1.165) is 43.8 Å². The molecule has 0 rings (SSSR count). The monoisotopic (exact) mass is 811 g/mol. The number of aliphatic carboxylic acids is 1. The molecule has 5 N–H and O–H groups in total. The minimum atomic E-state index is -1.16. The van der Waals surface area contributed by atoms with Gasteiger partial charge in [-0.25, -0.2) is 4.79 Å². The summed E-state index contributed by atoms with van der Waals surface area (Å²) in [7, 11) is 0. The van der Waals surface area contributed by atoms with Gasteiger partial charge in [0.15, 0.2) is 0 Å². The van der Waals surface area contributed by atoms with Crippen molar-refractivity contribution in [1.82, 2.24) is 9.96 Å². The van der Waals surface area contributed by atoms with Crippen LogP contribution in [0, 0.1) is 0 Å². The summed E-state index contributed by atoms with van der Waals surface area (Å²) in [4.78, 5) is 53.9. The molecule has 0 aliphatic carbocycles. The van der Waals surface area contributed by atoms with Crippen molar-refractivity contribution >= 4 is 23.8 Å². The molecule has 338 valence electrons. The number of likely N-dealkylation sites (N-methyl/N-ethyl adjacent to an activating group) is 1. The molecular weight excluding hydrogens is 717 g/mol. The smallest absolute Gasteiger partial charge is 0.332 e. The van der Waals surface area contributed by atoms with Crippen LogP contribution in [0.25, 0.3) is 0 Å². The maximum absolute atomic E-state index is 12.8. The molecule has 0 saturated heterocycles. The van der Waals surface area contributed by atoms with Crippen molar-refractivity contribution < 1.29 is 29.1 Å². The lowest BCUT2D eigenvalue weighted by Crippen LogP contribution is -2.40. The largest absolute Gasteiger partial charge is 0.480 e. The van der Waals surface area contributed by atoms with Gasteiger partial charge in [-0.1, -0.05) is 207 Å². The van der Waals surface area contributed by atoms with Gasteiger partial charge >= 0.3 is 11.9 Å². The highest BCUT2D eigenvalue weighted by Gasteiger charge is 2.21. The van der Waals surface area contributed by atoms with Crippen molar-refractivity contribution in [3.63, 3.8) is 0 Å². The predicted octanol–water partition coefficient (Wildman–Crippen LogP) is 11.8. The summed E-state index contributed by atoms with van der Waals surface area (Å²) in [6, 6.07) is -1.12. The van der Waals surface area contributed by atoms with Crippen molar-refractivity contribution in [3.8, 4) is 0 Å². The van der Waals surface area contributed by atoms with Crippen LogP contribution in [0.15, 0.2) is 0 Å². The SMILES string of the molecule is CCCCCCCCCCCCCCCCCC(=O)N(CCN(CC)CC)OC(=O)CC[C@H](N)C(=O)O.CCCCCCCCCCCCCCCCCC(N)=O. The van der Waals surface area contributed by atoms with E-state index in [1.165, 1.54) is 167 Å². The van der Waals surface area contributed by atoms with Gasteiger partial charge < -0.3 is 26.3 Å². The molecule has 1 atom stereocenters. The van der Waals surface area contributed by atoms with Crippen LogP contribution in [-0.4, -0.2) is 71.0 Å². The van der Waals surface area contributed by atoms with Gasteiger partial charge in [-0.3, -0.25) is 14.4 Å². The van der Waals surface area contributed by atoms with E-state index in [-0.39, 0.29) is 24.7 Å². The second kappa shape index (κ2) is 44.9. The first kappa shape index (κ1) is 56.9. The topological polar surface area (TPSA) is 156 Å². The second-order valence-corrected chi connectivity index (χ2v) is 16.3. The summed E-state index contributed by atoms with van der Waals surface area (Å²) < 4.78 is 0. The fourth-order valence-corrected chi connectivity index (χ4v) is 7.00. The lowest BCUT2D eigenvalue weighted by molar-refractivity contribution is -0.199. The number of hydrogen-bond donors (Lipinski definition) is 3. The number of unbranched alkanes of at least 4 members (excludes halogenated alkanes) is 28. The first-order chi connectivity index (χ1) is 27.6. The lowest BCUT2D eigenvalue weighted by atomic mass is 10.0. The minimum Gasteiger partial charge on any atom is -0.480 e. The van der Waals surface area contributed by atoms with Gasteiger partial charge in [0.1, 0.15) is 6.04 Å². The van der Waals surface area contributed by atoms with Crippen molar-refractivity contribution in [2.24, 2.45) is 11.5 Å². The molecular formula is C47H94N4O6. The number of hydrogen-bond acceptors (Lipinski definition) is 7. The maximum atomic E-state index is 12.8. The molecule has 0 saturated carbocycles. The van der Waals surface area contributed by atoms with E-state index in [9.17, 15) is 19.2 Å². The van der Waals surface area contributed by atoms with E-state index in [0.29, 0.717) is 25.9 Å². The first-order valence-electron chi connectivity index (χ1n) is 24.1. The van der Waals surface area contributed by atoms with Crippen molar-refractivity contribution in [2.45, 2.75) is 252 Å². The number of carboxylic acid groups (broad SMARTS) is 1. The van der Waals surface area contributed by atoms with E-state index in [1.807, 2.05) is 13.8 Å². The van der Waals surface area contributed by atoms with Gasteiger partial charge in [0.05, 0.1) is 13.0 Å². The number of carbonyl (C=O) groups excluding carboxylic acids is 3. The summed E-state index contributed by atoms with van der Waals surface area (Å²) in [6.07, 6.45) is 40.0. The molecule has 0 unspecified atom stereocenters. The van der Waals surface area contributed by atoms with E-state index < -0.39 is 18.0 Å². The van der Waals surface area contributed by atoms with E-state index in [1.54, 1.807) is 0 Å². The van der Waals surface area contributed by atoms with E-state index in [4.69, 9.17) is 21.4 Å². The fraction of sp³-hybridized carbons (Fsp3) is 0.915. The van der Waals surface area contributed by atoms with Gasteiger partial charge in [0.25, 0.3) is 5.91 Å². The number of amides is 2. The van der Waals surface area contributed by atoms with Crippen LogP contribution in [0.1, 0.15) is 246 Å². The van der Waals surface area contributed by atoms with Crippen LogP contribution < -0.4 is 11.5 Å². The maximum Gasteiger partial charge on any atom is 0.332 e. The molecule has 0 bridgehead atoms. The van der Waals surface area contributed by atoms with Gasteiger partial charge in [-0.05, 0) is 32.4 Å². The molecule has 0 spiro atoms. The molecule has 10 nitrogen and oxygen atoms in total. The molecule has 10 heteroatoms. The van der Waals surface area contributed by atoms with Crippen LogP contribution in [0.5, 0.6) is 0 Å². The Morgan fingerprint density at radius 1 is 0.491 bits per heavy atom. The van der Waals surface area contributed by atoms with E-state index in [2.05, 4.69) is 18.7 Å². The first-order valence-corrected chi connectivity index (χ1v) is 24.1. The lowest BCUT2D eigenvalue weighted by Gasteiger charge is -2.25. The number of nitrogens with zero attached hydrogens (tertiary/aromatic N) is 2. The zero-order valence-electron chi connectivity index (χ0n) is 38.0. The molecule has 0 aromatic rings. The fourth-order valence-electron chi connectivity index (χ4n) is 7.00. The summed E-state index contributed by atoms with van der Waals surface area (Å²) in [5, 5.41) is 10.0. The number of nitrogens with two attached hydrogens (primary N) is 2. The third kappa shape index (κ3) is 43.2. The molecule has 2 amide bonds. The minimum absolute atomic E-state index is 0.0225. The third-order valence-electron chi connectivity index (χ3n) is 11.0. The zero-order chi connectivity index (χ0) is 42.6. The van der Waals surface area contributed by atoms with Gasteiger partial charge in [-0.2, -0.15) is 5.06 Å². The molecule has 57 heavy (non-hydrogen) atoms. The second-order valence-electron chi connectivity index (χ2n) is 16.3. The Bertz CT molecular complexity index is 916. The number of primary amides is 1. The van der Waals surface area contributed by atoms with Gasteiger partial charge in [0, 0.05) is 19.4 Å². The molecule has 0 aromatic heterocycles. The molecule has 0 fully saturated rings. The molecule has 0 heterocycles. The summed E-state index contributed by atoms with van der Waals surface area (Å²) in [5.41, 5.74) is 10.6. The van der Waals surface area contributed by atoms with Crippen molar-refractivity contribution in [3.05, 3.63) is 0 Å². The summed E-state index contributed by atoms with van der Waals surface area (Å²) in [5.74, 6) is -2.13. The highest BCUT2D eigenvalue weighted by Crippen LogP contribution is 2.16. The molecule has 0 aliphatic rings. The van der Waals surface area contributed by atoms with Crippen LogP contribution in [0.3, 0.4) is 0 Å². The standard InChI is InChI=1S/C29H57N3O5.C18H37NO/c1-4-7-8-9-10-11-12-13-14-15-16-17-18-19-20-21-27(33)32(25-24-31(5-2)6-3)37-28(34)23-22-26(30)29(35)36;1-2-3-4-5-6-7-8-9-10-11-12-13-14-15-16-17-18(19)20/h26H,4-25,30H2,1-3H3,(H,35,36);2-17H2,1H3,(H2,19,20)/t26-;/m0./s1. The number of rotatable bonds is 41. The van der Waals surface area contributed by atoms with Crippen LogP contribution in [-0.2, 0) is 24.0 Å².